The van der Waals surface area contributed by atoms with Gasteiger partial charge in [0.2, 0.25) is 0 Å². The van der Waals surface area contributed by atoms with E-state index in [-0.39, 0.29) is 17.2 Å². The van der Waals surface area contributed by atoms with Crippen molar-refractivity contribution in [1.29, 1.82) is 5.26 Å². The molecule has 138 valence electrons. The van der Waals surface area contributed by atoms with Crippen molar-refractivity contribution in [3.05, 3.63) is 21.6 Å². The molecule has 26 heavy (non-hydrogen) atoms. The van der Waals surface area contributed by atoms with Crippen LogP contribution in [0.5, 0.6) is 0 Å². The van der Waals surface area contributed by atoms with Gasteiger partial charge in [-0.25, -0.2) is 9.59 Å². The first-order valence-corrected chi connectivity index (χ1v) is 8.80. The summed E-state index contributed by atoms with van der Waals surface area (Å²) in [4.78, 5) is 36.3. The first-order valence-electron chi connectivity index (χ1n) is 7.99. The number of thiophene rings is 1. The van der Waals surface area contributed by atoms with Crippen molar-refractivity contribution in [2.75, 3.05) is 19.0 Å². The number of anilines is 1. The Balaban J connectivity index is 2.53. The standard InChI is InChI=1S/C17H18N2O6S/c1-3-25-17(23)14(21)19-15-12(9-6-4-5-7-11(9)26-15)13(20)10(8-18)16(22)24-2/h20H,3-7H2,1-2H3,(H,19,21). The third-order valence-electron chi connectivity index (χ3n) is 3.83. The largest absolute Gasteiger partial charge is 0.506 e. The average molecular weight is 378 g/mol. The molecule has 1 aromatic heterocycles. The van der Waals surface area contributed by atoms with Gasteiger partial charge in [0.15, 0.2) is 11.3 Å². The van der Waals surface area contributed by atoms with E-state index in [4.69, 9.17) is 0 Å². The molecule has 0 unspecified atom stereocenters. The lowest BCUT2D eigenvalue weighted by atomic mass is 9.93. The van der Waals surface area contributed by atoms with Gasteiger partial charge < -0.3 is 19.9 Å². The second kappa shape index (κ2) is 8.49. The van der Waals surface area contributed by atoms with Gasteiger partial charge in [0.1, 0.15) is 11.1 Å². The smallest absolute Gasteiger partial charge is 0.397 e. The van der Waals surface area contributed by atoms with E-state index in [2.05, 4.69) is 14.8 Å². The number of ether oxygens (including phenoxy) is 2. The molecule has 1 aromatic rings. The third kappa shape index (κ3) is 3.86. The van der Waals surface area contributed by atoms with Crippen LogP contribution in [0.2, 0.25) is 0 Å². The SMILES string of the molecule is CCOC(=O)C(=O)Nc1sc2c(c1C(O)=C(C#N)C(=O)OC)CCCC2. The van der Waals surface area contributed by atoms with Gasteiger partial charge >= 0.3 is 17.8 Å². The maximum Gasteiger partial charge on any atom is 0.397 e. The van der Waals surface area contributed by atoms with Crippen LogP contribution in [0.4, 0.5) is 5.00 Å². The molecule has 0 bridgehead atoms. The summed E-state index contributed by atoms with van der Waals surface area (Å²) in [6.07, 6.45) is 3.19. The number of hydrogen-bond donors (Lipinski definition) is 2. The van der Waals surface area contributed by atoms with Crippen molar-refractivity contribution in [2.45, 2.75) is 32.6 Å². The van der Waals surface area contributed by atoms with E-state index in [1.807, 2.05) is 0 Å². The minimum absolute atomic E-state index is 0.0477. The fraction of sp³-hybridized carbons (Fsp3) is 0.412. The maximum atomic E-state index is 12.0. The van der Waals surface area contributed by atoms with Gasteiger partial charge in [0, 0.05) is 4.88 Å². The topological polar surface area (TPSA) is 126 Å². The molecule has 0 saturated heterocycles. The predicted octanol–water partition coefficient (Wildman–Crippen LogP) is 2.09. The van der Waals surface area contributed by atoms with Gasteiger partial charge in [-0.15, -0.1) is 11.3 Å². The highest BCUT2D eigenvalue weighted by Crippen LogP contribution is 2.42. The van der Waals surface area contributed by atoms with E-state index in [9.17, 15) is 24.8 Å². The Bertz CT molecular complexity index is 818. The van der Waals surface area contributed by atoms with Gasteiger partial charge in [-0.1, -0.05) is 0 Å². The van der Waals surface area contributed by atoms with Crippen molar-refractivity contribution >= 4 is 39.9 Å². The summed E-state index contributed by atoms with van der Waals surface area (Å²) < 4.78 is 9.18. The normalized spacial score (nSPS) is 13.7. The van der Waals surface area contributed by atoms with Crippen LogP contribution >= 0.6 is 11.3 Å². The zero-order chi connectivity index (χ0) is 19.3. The molecule has 0 aromatic carbocycles. The number of aliphatic hydroxyl groups excluding tert-OH is 1. The first kappa shape index (κ1) is 19.5. The Hall–Kier alpha value is -2.86. The van der Waals surface area contributed by atoms with Gasteiger partial charge in [0.05, 0.1) is 19.3 Å². The second-order valence-corrected chi connectivity index (χ2v) is 6.52. The number of carbonyl (C=O) groups is 3. The molecular formula is C17H18N2O6S. The van der Waals surface area contributed by atoms with Gasteiger partial charge in [-0.2, -0.15) is 5.26 Å². The van der Waals surface area contributed by atoms with Crippen LogP contribution in [-0.4, -0.2) is 36.7 Å². The molecule has 1 heterocycles. The summed E-state index contributed by atoms with van der Waals surface area (Å²) in [5.74, 6) is -3.60. The van der Waals surface area contributed by atoms with Gasteiger partial charge in [-0.3, -0.25) is 4.79 Å². The van der Waals surface area contributed by atoms with Crippen molar-refractivity contribution in [2.24, 2.45) is 0 Å². The fourth-order valence-corrected chi connectivity index (χ4v) is 3.96. The minimum atomic E-state index is -1.05. The number of carbonyl (C=O) groups excluding carboxylic acids is 3. The Kier molecular flexibility index (Phi) is 6.36. The third-order valence-corrected chi connectivity index (χ3v) is 5.04. The molecule has 0 aliphatic heterocycles. The Morgan fingerprint density at radius 3 is 2.58 bits per heavy atom. The number of nitriles is 1. The summed E-state index contributed by atoms with van der Waals surface area (Å²) in [5, 5.41) is 22.4. The molecule has 9 heteroatoms. The van der Waals surface area contributed by atoms with E-state index < -0.39 is 29.2 Å². The Morgan fingerprint density at radius 2 is 1.96 bits per heavy atom. The number of methoxy groups -OCH3 is 1. The number of aryl methyl sites for hydroxylation is 1. The maximum absolute atomic E-state index is 12.0. The van der Waals surface area contributed by atoms with Crippen LogP contribution in [0.25, 0.3) is 5.76 Å². The van der Waals surface area contributed by atoms with Crippen molar-refractivity contribution < 1.29 is 29.0 Å². The second-order valence-electron chi connectivity index (χ2n) is 5.42. The molecule has 1 amide bonds. The van der Waals surface area contributed by atoms with E-state index >= 15 is 0 Å². The molecule has 0 spiro atoms. The molecule has 1 aliphatic carbocycles. The Labute approximate surface area is 154 Å². The number of esters is 2. The van der Waals surface area contributed by atoms with E-state index in [0.29, 0.717) is 6.42 Å². The fourth-order valence-electron chi connectivity index (χ4n) is 2.68. The summed E-state index contributed by atoms with van der Waals surface area (Å²) in [6.45, 7) is 1.62. The summed E-state index contributed by atoms with van der Waals surface area (Å²) in [5.41, 5.74) is 0.379. The highest BCUT2D eigenvalue weighted by molar-refractivity contribution is 7.16. The number of amides is 1. The van der Waals surface area contributed by atoms with Crippen molar-refractivity contribution in [3.8, 4) is 6.07 Å². The number of nitrogens with zero attached hydrogens (tertiary/aromatic N) is 1. The van der Waals surface area contributed by atoms with Crippen molar-refractivity contribution in [1.82, 2.24) is 0 Å². The van der Waals surface area contributed by atoms with Crippen LogP contribution in [0.15, 0.2) is 5.57 Å². The zero-order valence-corrected chi connectivity index (χ0v) is 15.2. The number of hydrogen-bond acceptors (Lipinski definition) is 8. The number of nitrogens with one attached hydrogen (secondary N) is 1. The van der Waals surface area contributed by atoms with Crippen LogP contribution in [-0.2, 0) is 36.7 Å². The zero-order valence-electron chi connectivity index (χ0n) is 14.4. The molecule has 0 saturated carbocycles. The van der Waals surface area contributed by atoms with Gasteiger partial charge in [-0.05, 0) is 38.2 Å². The molecule has 2 N–H and O–H groups in total. The molecular weight excluding hydrogens is 360 g/mol. The van der Waals surface area contributed by atoms with E-state index in [1.165, 1.54) is 11.3 Å². The highest BCUT2D eigenvalue weighted by atomic mass is 32.1. The molecule has 0 fully saturated rings. The lowest BCUT2D eigenvalue weighted by Crippen LogP contribution is -2.25. The van der Waals surface area contributed by atoms with Crippen molar-refractivity contribution in [3.63, 3.8) is 0 Å². The van der Waals surface area contributed by atoms with Crippen LogP contribution in [0.1, 0.15) is 35.8 Å². The monoisotopic (exact) mass is 378 g/mol. The number of fused-ring (bicyclic) bond motifs is 1. The van der Waals surface area contributed by atoms with Gasteiger partial charge in [0.25, 0.3) is 0 Å². The van der Waals surface area contributed by atoms with Crippen LogP contribution in [0, 0.1) is 11.3 Å². The summed E-state index contributed by atoms with van der Waals surface area (Å²) in [6, 6.07) is 1.63. The summed E-state index contributed by atoms with van der Waals surface area (Å²) in [7, 11) is 1.10. The van der Waals surface area contributed by atoms with E-state index in [0.717, 1.165) is 36.8 Å². The predicted molar refractivity (Wildman–Crippen MR) is 93.4 cm³/mol. The molecule has 8 nitrogen and oxygen atoms in total. The molecule has 0 radical (unpaired) electrons. The number of aliphatic hydroxyl groups is 1. The molecule has 2 rings (SSSR count). The Morgan fingerprint density at radius 1 is 1.27 bits per heavy atom. The quantitative estimate of drug-likeness (QED) is 0.270. The minimum Gasteiger partial charge on any atom is -0.506 e. The summed E-state index contributed by atoms with van der Waals surface area (Å²) >= 11 is 1.21. The lowest BCUT2D eigenvalue weighted by Gasteiger charge is -2.13. The highest BCUT2D eigenvalue weighted by Gasteiger charge is 2.29. The first-order chi connectivity index (χ1) is 12.4. The molecule has 0 atom stereocenters. The van der Waals surface area contributed by atoms with Crippen LogP contribution < -0.4 is 5.32 Å². The lowest BCUT2D eigenvalue weighted by molar-refractivity contribution is -0.152. The average Bonchev–Trinajstić information content (AvgIpc) is 2.99. The van der Waals surface area contributed by atoms with E-state index in [1.54, 1.807) is 13.0 Å². The molecule has 1 aliphatic rings. The van der Waals surface area contributed by atoms with Crippen LogP contribution in [0.3, 0.4) is 0 Å². The number of rotatable bonds is 4.